The van der Waals surface area contributed by atoms with Crippen LogP contribution in [0.2, 0.25) is 5.02 Å². The minimum absolute atomic E-state index is 0.0178. The van der Waals surface area contributed by atoms with Crippen molar-refractivity contribution in [2.45, 2.75) is 178 Å². The Balaban J connectivity index is 0.000000713. The average Bonchev–Trinajstić information content (AvgIpc) is 3.71. The predicted octanol–water partition coefficient (Wildman–Crippen LogP) is 13.6. The molecule has 3 amide bonds. The van der Waals surface area contributed by atoms with Crippen LogP contribution < -0.4 is 20.7 Å². The van der Waals surface area contributed by atoms with Crippen LogP contribution in [0, 0.1) is 11.8 Å². The van der Waals surface area contributed by atoms with Crippen molar-refractivity contribution in [3.63, 3.8) is 0 Å². The van der Waals surface area contributed by atoms with Gasteiger partial charge in [0.05, 0.1) is 17.8 Å². The van der Waals surface area contributed by atoms with Crippen molar-refractivity contribution in [3.8, 4) is 28.3 Å². The second-order valence-corrected chi connectivity index (χ2v) is 17.3. The summed E-state index contributed by atoms with van der Waals surface area (Å²) in [5, 5.41) is 17.4. The van der Waals surface area contributed by atoms with E-state index in [4.69, 9.17) is 26.4 Å². The molecule has 4 rings (SSSR count). The van der Waals surface area contributed by atoms with Crippen LogP contribution in [-0.2, 0) is 20.8 Å². The van der Waals surface area contributed by atoms with Gasteiger partial charge in [0.2, 0.25) is 11.8 Å². The maximum atomic E-state index is 13.2. The summed E-state index contributed by atoms with van der Waals surface area (Å²) in [6.07, 6.45) is 12.5. The first kappa shape index (κ1) is 57.8. The number of aryl methyl sites for hydroxylation is 1. The maximum Gasteiger partial charge on any atom is 0.260 e. The molecular weight excluding hydrogens is 820 g/mol. The van der Waals surface area contributed by atoms with Gasteiger partial charge in [-0.3, -0.25) is 14.4 Å². The van der Waals surface area contributed by atoms with E-state index < -0.39 is 11.8 Å². The quantitative estimate of drug-likeness (QED) is 0.0539. The third kappa shape index (κ3) is 16.0. The van der Waals surface area contributed by atoms with Crippen molar-refractivity contribution in [2.24, 2.45) is 11.8 Å². The van der Waals surface area contributed by atoms with Crippen LogP contribution in [-0.4, -0.2) is 54.1 Å². The van der Waals surface area contributed by atoms with Crippen LogP contribution in [0.5, 0.6) is 5.88 Å². The number of ether oxygens (including phenoxy) is 1. The van der Waals surface area contributed by atoms with Crippen LogP contribution >= 0.6 is 11.6 Å². The lowest BCUT2D eigenvalue weighted by atomic mass is 9.84. The molecule has 4 atom stereocenters. The Bertz CT molecular complexity index is 1920. The Morgan fingerprint density at radius 2 is 1.53 bits per heavy atom. The number of amides is 3. The number of halogens is 1. The van der Waals surface area contributed by atoms with Gasteiger partial charge in [0.1, 0.15) is 5.57 Å². The normalized spacial score (nSPS) is 14.5. The zero-order valence-electron chi connectivity index (χ0n) is 42.3. The molecule has 10 heteroatoms. The van der Waals surface area contributed by atoms with E-state index in [2.05, 4.69) is 77.4 Å². The van der Waals surface area contributed by atoms with Crippen LogP contribution in [0.15, 0.2) is 54.1 Å². The summed E-state index contributed by atoms with van der Waals surface area (Å²) in [5.74, 6) is 1.45. The monoisotopic (exact) mass is 905 g/mol. The smallest absolute Gasteiger partial charge is 0.260 e. The molecule has 1 heterocycles. The van der Waals surface area contributed by atoms with Crippen molar-refractivity contribution in [1.82, 2.24) is 15.6 Å². The Morgan fingerprint density at radius 3 is 2.06 bits per heavy atom. The number of aliphatic hydroxyl groups is 1. The van der Waals surface area contributed by atoms with E-state index in [1.807, 2.05) is 71.0 Å². The van der Waals surface area contributed by atoms with E-state index in [1.54, 1.807) is 13.2 Å². The third-order valence-corrected chi connectivity index (χ3v) is 13.0. The molecule has 0 spiro atoms. The Labute approximate surface area is 393 Å². The number of rotatable bonds is 19. The highest BCUT2D eigenvalue weighted by molar-refractivity contribution is 6.36. The van der Waals surface area contributed by atoms with E-state index in [-0.39, 0.29) is 28.9 Å². The van der Waals surface area contributed by atoms with Gasteiger partial charge in [0, 0.05) is 47.5 Å². The summed E-state index contributed by atoms with van der Waals surface area (Å²) >= 11 is 7.15. The van der Waals surface area contributed by atoms with E-state index in [9.17, 15) is 14.4 Å². The molecule has 0 fully saturated rings. The number of nitrogens with zero attached hydrogens (tertiary/aromatic N) is 1. The minimum Gasteiger partial charge on any atom is -0.481 e. The van der Waals surface area contributed by atoms with E-state index >= 15 is 0 Å². The largest absolute Gasteiger partial charge is 0.481 e. The van der Waals surface area contributed by atoms with Crippen molar-refractivity contribution in [2.75, 3.05) is 26.1 Å². The zero-order valence-corrected chi connectivity index (χ0v) is 43.1. The first-order valence-corrected chi connectivity index (χ1v) is 24.6. The number of carbonyl (C=O) groups excluding carboxylic acids is 3. The highest BCUT2D eigenvalue weighted by Gasteiger charge is 2.30. The molecule has 0 bridgehead atoms. The summed E-state index contributed by atoms with van der Waals surface area (Å²) in [5.41, 5.74) is 7.59. The Hall–Kier alpha value is -4.21. The van der Waals surface area contributed by atoms with Crippen LogP contribution in [0.1, 0.15) is 183 Å². The fourth-order valence-electron chi connectivity index (χ4n) is 7.66. The number of benzene rings is 2. The number of pyridine rings is 1. The zero-order chi connectivity index (χ0) is 48.6. The lowest BCUT2D eigenvalue weighted by molar-refractivity contribution is -0.127. The predicted molar refractivity (Wildman–Crippen MR) is 272 cm³/mol. The molecule has 2 aromatic carbocycles. The van der Waals surface area contributed by atoms with Crippen molar-refractivity contribution < 1.29 is 24.2 Å². The van der Waals surface area contributed by atoms with Gasteiger partial charge in [0.15, 0.2) is 0 Å². The summed E-state index contributed by atoms with van der Waals surface area (Å²) < 4.78 is 5.70. The first-order chi connectivity index (χ1) is 30.6. The Kier molecular flexibility index (Phi) is 27.2. The second kappa shape index (κ2) is 30.1. The number of anilines is 1. The number of nitrogens with one attached hydrogen (secondary N) is 3. The van der Waals surface area contributed by atoms with Gasteiger partial charge < -0.3 is 25.8 Å². The fraction of sp³-hybridized carbons (Fsp3) is 0.593. The molecule has 0 saturated carbocycles. The molecule has 0 radical (unpaired) electrons. The molecule has 1 aromatic heterocycles. The van der Waals surface area contributed by atoms with Crippen molar-refractivity contribution >= 4 is 35.0 Å². The van der Waals surface area contributed by atoms with Crippen molar-refractivity contribution in [3.05, 3.63) is 75.8 Å². The average molecular weight is 906 g/mol. The minimum atomic E-state index is -0.439. The highest BCUT2D eigenvalue weighted by Crippen LogP contribution is 2.45. The number of aromatic nitrogens is 1. The van der Waals surface area contributed by atoms with Gasteiger partial charge in [-0.25, -0.2) is 4.98 Å². The van der Waals surface area contributed by atoms with Gasteiger partial charge in [-0.1, -0.05) is 144 Å². The second-order valence-electron chi connectivity index (χ2n) is 16.9. The standard InChI is InChI=1S/C33H38ClN3O3.C16H33NO.C3H8O.C2H6/c1-7-11-25(31(38)35-5)32(39)36-26-15-10-12-22(29(26)19(3)8-2)23-13-9-14-24(30(23)34)27-18-21-17-16-20(4)28(21)33(37-27)40-6;1-7-13(5)11-12-16(9-3,10-4)17-15(18)14(6)8-2;1-2-3-4;1-2/h9-15,18-20H,7-8,16-17H2,1-6H3,(H,35,38)(H,36,39);13-14H,7-12H2,1-6H3,(H,17,18);4H,2-3H2,1H3;1-2H3/b25-11+;;;. The number of hydrogen-bond acceptors (Lipinski definition) is 6. The summed E-state index contributed by atoms with van der Waals surface area (Å²) in [6.45, 7) is 27.6. The van der Waals surface area contributed by atoms with E-state index in [0.29, 0.717) is 35.5 Å². The molecule has 1 aliphatic carbocycles. The SMILES string of the molecule is CC.CC/C=C(\C(=O)NC)C(=O)Nc1cccc(-c2cccc(-c3cc4c(c(OC)n3)C(C)CC4)c2Cl)c1C(C)CC.CCC(C)CCC(CC)(CC)NC(=O)C(C)CC.CCCO. The summed E-state index contributed by atoms with van der Waals surface area (Å²) in [7, 11) is 3.18. The topological polar surface area (TPSA) is 130 Å². The first-order valence-electron chi connectivity index (χ1n) is 24.3. The van der Waals surface area contributed by atoms with Gasteiger partial charge in [-0.2, -0.15) is 0 Å². The summed E-state index contributed by atoms with van der Waals surface area (Å²) in [6, 6.07) is 13.9. The lowest BCUT2D eigenvalue weighted by Gasteiger charge is -2.35. The molecule has 9 nitrogen and oxygen atoms in total. The molecule has 0 saturated heterocycles. The van der Waals surface area contributed by atoms with E-state index in [1.165, 1.54) is 31.0 Å². The molecule has 4 unspecified atom stereocenters. The van der Waals surface area contributed by atoms with Crippen molar-refractivity contribution in [1.29, 1.82) is 0 Å². The molecule has 4 N–H and O–H groups in total. The highest BCUT2D eigenvalue weighted by atomic mass is 35.5. The molecule has 3 aromatic rings. The third-order valence-electron chi connectivity index (χ3n) is 12.6. The van der Waals surface area contributed by atoms with Gasteiger partial charge in [0.25, 0.3) is 11.8 Å². The molecule has 1 aliphatic rings. The van der Waals surface area contributed by atoms with Crippen LogP contribution in [0.3, 0.4) is 0 Å². The lowest BCUT2D eigenvalue weighted by Crippen LogP contribution is -2.49. The van der Waals surface area contributed by atoms with Gasteiger partial charge in [-0.15, -0.1) is 0 Å². The number of aliphatic hydroxyl groups excluding tert-OH is 1. The number of carbonyl (C=O) groups is 3. The van der Waals surface area contributed by atoms with Crippen LogP contribution in [0.25, 0.3) is 22.4 Å². The molecule has 64 heavy (non-hydrogen) atoms. The maximum absolute atomic E-state index is 13.2. The number of likely N-dealkylation sites (N-methyl/N-ethyl adjacent to an activating group) is 1. The van der Waals surface area contributed by atoms with Gasteiger partial charge >= 0.3 is 0 Å². The molecular formula is C54H85ClN4O5. The number of hydrogen-bond donors (Lipinski definition) is 4. The number of fused-ring (bicyclic) bond motifs is 1. The summed E-state index contributed by atoms with van der Waals surface area (Å²) in [4.78, 5) is 42.6. The van der Waals surface area contributed by atoms with Crippen LogP contribution in [0.4, 0.5) is 5.69 Å². The fourth-order valence-corrected chi connectivity index (χ4v) is 7.99. The van der Waals surface area contributed by atoms with E-state index in [0.717, 1.165) is 85.2 Å². The number of allylic oxidation sites excluding steroid dienone is 1. The molecule has 358 valence electrons. The Morgan fingerprint density at radius 1 is 0.922 bits per heavy atom. The number of methoxy groups -OCH3 is 1. The molecule has 0 aliphatic heterocycles. The van der Waals surface area contributed by atoms with Gasteiger partial charge in [-0.05, 0) is 111 Å².